The Bertz CT molecular complexity index is 1230. The van der Waals surface area contributed by atoms with Crippen LogP contribution in [0.2, 0.25) is 0 Å². The van der Waals surface area contributed by atoms with Crippen molar-refractivity contribution in [3.63, 3.8) is 0 Å². The molecule has 178 valence electrons. The van der Waals surface area contributed by atoms with Crippen molar-refractivity contribution in [2.45, 2.75) is 38.1 Å². The lowest BCUT2D eigenvalue weighted by Crippen LogP contribution is -2.44. The zero-order valence-electron chi connectivity index (χ0n) is 20.1. The van der Waals surface area contributed by atoms with Gasteiger partial charge < -0.3 is 14.4 Å². The van der Waals surface area contributed by atoms with E-state index in [1.54, 1.807) is 44.4 Å². The van der Waals surface area contributed by atoms with E-state index < -0.39 is 12.0 Å². The number of amides is 2. The SMILES string of the molecule is COc1ccc([C@@H]2[C@@H](C(=O)Nc3nnc(C(C)(C)C)s3)c3ccccc3C(=O)N2C)cc1OC. The zero-order chi connectivity index (χ0) is 24.6. The van der Waals surface area contributed by atoms with Gasteiger partial charge >= 0.3 is 0 Å². The number of aromatic nitrogens is 2. The van der Waals surface area contributed by atoms with Crippen molar-refractivity contribution in [3.8, 4) is 11.5 Å². The van der Waals surface area contributed by atoms with E-state index in [0.29, 0.717) is 27.8 Å². The van der Waals surface area contributed by atoms with Gasteiger partial charge in [-0.05, 0) is 29.3 Å². The molecule has 0 fully saturated rings. The first-order valence-electron chi connectivity index (χ1n) is 10.9. The summed E-state index contributed by atoms with van der Waals surface area (Å²) in [7, 11) is 4.83. The molecule has 0 unspecified atom stereocenters. The van der Waals surface area contributed by atoms with Crippen molar-refractivity contribution in [1.82, 2.24) is 15.1 Å². The maximum atomic E-state index is 13.7. The first-order chi connectivity index (χ1) is 16.2. The molecule has 2 aromatic carbocycles. The highest BCUT2D eigenvalue weighted by Gasteiger charge is 2.43. The van der Waals surface area contributed by atoms with Gasteiger partial charge in [0.25, 0.3) is 5.91 Å². The summed E-state index contributed by atoms with van der Waals surface area (Å²) < 4.78 is 10.8. The number of likely N-dealkylation sites (N-methyl/N-ethyl adjacent to an activating group) is 1. The molecule has 0 saturated heterocycles. The van der Waals surface area contributed by atoms with Gasteiger partial charge in [0.2, 0.25) is 11.0 Å². The van der Waals surface area contributed by atoms with Crippen molar-refractivity contribution in [1.29, 1.82) is 0 Å². The number of carbonyl (C=O) groups excluding carboxylic acids is 2. The average molecular weight is 481 g/mol. The molecular formula is C25H28N4O4S. The molecule has 4 rings (SSSR count). The van der Waals surface area contributed by atoms with Crippen LogP contribution in [0.3, 0.4) is 0 Å². The average Bonchev–Trinajstić information content (AvgIpc) is 3.29. The minimum Gasteiger partial charge on any atom is -0.493 e. The number of nitrogens with one attached hydrogen (secondary N) is 1. The summed E-state index contributed by atoms with van der Waals surface area (Å²) in [4.78, 5) is 28.6. The molecule has 0 bridgehead atoms. The van der Waals surface area contributed by atoms with E-state index in [4.69, 9.17) is 9.47 Å². The molecule has 1 aliphatic heterocycles. The van der Waals surface area contributed by atoms with Crippen molar-refractivity contribution in [2.75, 3.05) is 26.6 Å². The normalized spacial score (nSPS) is 17.8. The smallest absolute Gasteiger partial charge is 0.254 e. The van der Waals surface area contributed by atoms with Crippen molar-refractivity contribution in [2.24, 2.45) is 0 Å². The standard InChI is InChI=1S/C25H28N4O4S/c1-25(2,3)23-27-28-24(34-23)26-21(30)19-15-9-7-8-10-16(15)22(31)29(4)20(19)14-11-12-17(32-5)18(13-14)33-6/h7-13,19-20H,1-6H3,(H,26,28,30)/t19-,20+/m0/s1. The van der Waals surface area contributed by atoms with E-state index in [2.05, 4.69) is 15.5 Å². The van der Waals surface area contributed by atoms with Gasteiger partial charge in [-0.25, -0.2) is 0 Å². The highest BCUT2D eigenvalue weighted by molar-refractivity contribution is 7.15. The molecule has 1 N–H and O–H groups in total. The number of hydrogen-bond acceptors (Lipinski definition) is 7. The topological polar surface area (TPSA) is 93.7 Å². The molecule has 9 heteroatoms. The van der Waals surface area contributed by atoms with Crippen LogP contribution in [-0.4, -0.2) is 48.2 Å². The number of anilines is 1. The van der Waals surface area contributed by atoms with E-state index in [-0.39, 0.29) is 17.2 Å². The van der Waals surface area contributed by atoms with Gasteiger partial charge in [0, 0.05) is 18.0 Å². The summed E-state index contributed by atoms with van der Waals surface area (Å²) in [5.41, 5.74) is 1.76. The predicted molar refractivity (Wildman–Crippen MR) is 131 cm³/mol. The van der Waals surface area contributed by atoms with Crippen LogP contribution in [0, 0.1) is 0 Å². The second-order valence-corrected chi connectivity index (χ2v) is 10.2. The van der Waals surface area contributed by atoms with Crippen LogP contribution in [0.25, 0.3) is 0 Å². The predicted octanol–water partition coefficient (Wildman–Crippen LogP) is 4.40. The van der Waals surface area contributed by atoms with E-state index in [1.165, 1.54) is 11.3 Å². The number of carbonyl (C=O) groups is 2. The van der Waals surface area contributed by atoms with E-state index in [1.807, 2.05) is 45.0 Å². The van der Waals surface area contributed by atoms with Crippen LogP contribution in [-0.2, 0) is 10.2 Å². The third kappa shape index (κ3) is 4.23. The lowest BCUT2D eigenvalue weighted by atomic mass is 9.79. The van der Waals surface area contributed by atoms with Crippen LogP contribution in [0.1, 0.15) is 59.2 Å². The highest BCUT2D eigenvalue weighted by atomic mass is 32.1. The molecule has 1 aromatic heterocycles. The van der Waals surface area contributed by atoms with Gasteiger partial charge in [-0.3, -0.25) is 14.9 Å². The molecule has 2 atom stereocenters. The third-order valence-electron chi connectivity index (χ3n) is 5.91. The fourth-order valence-corrected chi connectivity index (χ4v) is 4.97. The number of methoxy groups -OCH3 is 2. The van der Waals surface area contributed by atoms with Crippen LogP contribution < -0.4 is 14.8 Å². The van der Waals surface area contributed by atoms with Gasteiger partial charge in [-0.2, -0.15) is 0 Å². The van der Waals surface area contributed by atoms with Gasteiger partial charge in [-0.15, -0.1) is 10.2 Å². The molecule has 2 heterocycles. The first-order valence-corrected chi connectivity index (χ1v) is 11.7. The largest absolute Gasteiger partial charge is 0.493 e. The Balaban J connectivity index is 1.79. The Labute approximate surface area is 202 Å². The maximum absolute atomic E-state index is 13.7. The minimum absolute atomic E-state index is 0.148. The molecule has 3 aromatic rings. The lowest BCUT2D eigenvalue weighted by molar-refractivity contribution is -0.119. The number of nitrogens with zero attached hydrogens (tertiary/aromatic N) is 3. The van der Waals surface area contributed by atoms with Crippen LogP contribution in [0.5, 0.6) is 11.5 Å². The lowest BCUT2D eigenvalue weighted by Gasteiger charge is -2.39. The number of rotatable bonds is 5. The van der Waals surface area contributed by atoms with Gasteiger partial charge in [-0.1, -0.05) is 56.4 Å². The Kier molecular flexibility index (Phi) is 6.31. The van der Waals surface area contributed by atoms with Crippen LogP contribution >= 0.6 is 11.3 Å². The second kappa shape index (κ2) is 9.06. The summed E-state index contributed by atoms with van der Waals surface area (Å²) in [5, 5.41) is 12.6. The molecule has 0 aliphatic carbocycles. The highest BCUT2D eigenvalue weighted by Crippen LogP contribution is 2.44. The summed E-state index contributed by atoms with van der Waals surface area (Å²) in [6.07, 6.45) is 0. The van der Waals surface area contributed by atoms with Gasteiger partial charge in [0.05, 0.1) is 26.2 Å². The van der Waals surface area contributed by atoms with Crippen molar-refractivity contribution in [3.05, 3.63) is 64.2 Å². The van der Waals surface area contributed by atoms with E-state index in [9.17, 15) is 9.59 Å². The molecule has 0 saturated carbocycles. The molecular weight excluding hydrogens is 452 g/mol. The summed E-state index contributed by atoms with van der Waals surface area (Å²) in [6.45, 7) is 6.14. The molecule has 0 radical (unpaired) electrons. The minimum atomic E-state index is -0.668. The zero-order valence-corrected chi connectivity index (χ0v) is 20.9. The Morgan fingerprint density at radius 3 is 2.41 bits per heavy atom. The monoisotopic (exact) mass is 480 g/mol. The first kappa shape index (κ1) is 23.7. The van der Waals surface area contributed by atoms with E-state index in [0.717, 1.165) is 10.6 Å². The molecule has 8 nitrogen and oxygen atoms in total. The molecule has 0 spiro atoms. The quantitative estimate of drug-likeness (QED) is 0.582. The third-order valence-corrected chi connectivity index (χ3v) is 7.17. The fourth-order valence-electron chi connectivity index (χ4n) is 4.17. The van der Waals surface area contributed by atoms with Crippen molar-refractivity contribution >= 4 is 28.3 Å². The van der Waals surface area contributed by atoms with Crippen molar-refractivity contribution < 1.29 is 19.1 Å². The molecule has 2 amide bonds. The van der Waals surface area contributed by atoms with Crippen LogP contribution in [0.4, 0.5) is 5.13 Å². The molecule has 1 aliphatic rings. The Hall–Kier alpha value is -3.46. The van der Waals surface area contributed by atoms with Gasteiger partial charge in [0.15, 0.2) is 11.5 Å². The number of ether oxygens (including phenoxy) is 2. The fraction of sp³-hybridized carbons (Fsp3) is 0.360. The van der Waals surface area contributed by atoms with Crippen LogP contribution in [0.15, 0.2) is 42.5 Å². The Morgan fingerprint density at radius 2 is 1.76 bits per heavy atom. The van der Waals surface area contributed by atoms with Gasteiger partial charge in [0.1, 0.15) is 5.01 Å². The Morgan fingerprint density at radius 1 is 1.06 bits per heavy atom. The second-order valence-electron chi connectivity index (χ2n) is 9.19. The summed E-state index contributed by atoms with van der Waals surface area (Å²) in [5.74, 6) is 0.0198. The maximum Gasteiger partial charge on any atom is 0.254 e. The summed E-state index contributed by atoms with van der Waals surface area (Å²) in [6, 6.07) is 12.1. The molecule has 34 heavy (non-hydrogen) atoms. The van der Waals surface area contributed by atoms with E-state index >= 15 is 0 Å². The summed E-state index contributed by atoms with van der Waals surface area (Å²) >= 11 is 1.35. The number of fused-ring (bicyclic) bond motifs is 1. The number of hydrogen-bond donors (Lipinski definition) is 1. The number of benzene rings is 2.